The number of nitrogens with zero attached hydrogens (tertiary/aromatic N) is 1. The highest BCUT2D eigenvalue weighted by atomic mass is 19.1. The van der Waals surface area contributed by atoms with Crippen molar-refractivity contribution in [1.82, 2.24) is 5.32 Å². The standard InChI is InChI=1S/C13H20FN3O2/c1-2-3-11(18)8-16-7-10-5-4-9(6-12(10)14)13(15)17-19/h4-6,11,16,18-19H,2-3,7-8H2,1H3,(H2,15,17). The molecule has 0 amide bonds. The van der Waals surface area contributed by atoms with Gasteiger partial charge in [0.25, 0.3) is 0 Å². The first-order chi connectivity index (χ1) is 9.08. The van der Waals surface area contributed by atoms with E-state index in [1.807, 2.05) is 6.92 Å². The Morgan fingerprint density at radius 2 is 2.26 bits per heavy atom. The predicted molar refractivity (Wildman–Crippen MR) is 71.5 cm³/mol. The van der Waals surface area contributed by atoms with Crippen LogP contribution < -0.4 is 11.1 Å². The van der Waals surface area contributed by atoms with E-state index in [2.05, 4.69) is 10.5 Å². The average molecular weight is 269 g/mol. The number of aliphatic hydroxyl groups is 1. The number of hydrogen-bond acceptors (Lipinski definition) is 4. The van der Waals surface area contributed by atoms with E-state index in [0.717, 1.165) is 12.8 Å². The third-order valence-corrected chi connectivity index (χ3v) is 2.77. The number of nitrogens with two attached hydrogens (primary N) is 1. The first-order valence-corrected chi connectivity index (χ1v) is 6.23. The second-order valence-electron chi connectivity index (χ2n) is 4.36. The first-order valence-electron chi connectivity index (χ1n) is 6.23. The van der Waals surface area contributed by atoms with Crippen molar-refractivity contribution in [2.45, 2.75) is 32.4 Å². The van der Waals surface area contributed by atoms with Crippen LogP contribution in [0.5, 0.6) is 0 Å². The summed E-state index contributed by atoms with van der Waals surface area (Å²) in [7, 11) is 0. The smallest absolute Gasteiger partial charge is 0.170 e. The monoisotopic (exact) mass is 269 g/mol. The molecule has 19 heavy (non-hydrogen) atoms. The summed E-state index contributed by atoms with van der Waals surface area (Å²) < 4.78 is 13.7. The number of rotatable bonds is 7. The molecule has 1 unspecified atom stereocenters. The second kappa shape index (κ2) is 7.70. The first kappa shape index (κ1) is 15.4. The lowest BCUT2D eigenvalue weighted by Crippen LogP contribution is -2.26. The topological polar surface area (TPSA) is 90.9 Å². The highest BCUT2D eigenvalue weighted by Gasteiger charge is 2.07. The Kier molecular flexibility index (Phi) is 6.24. The van der Waals surface area contributed by atoms with Crippen molar-refractivity contribution >= 4 is 5.84 Å². The van der Waals surface area contributed by atoms with E-state index >= 15 is 0 Å². The van der Waals surface area contributed by atoms with Crippen LogP contribution in [0.25, 0.3) is 0 Å². The van der Waals surface area contributed by atoms with E-state index < -0.39 is 11.9 Å². The SMILES string of the molecule is CCCC(O)CNCc1ccc(/C(N)=N/O)cc1F. The van der Waals surface area contributed by atoms with Crippen molar-refractivity contribution in [1.29, 1.82) is 0 Å². The van der Waals surface area contributed by atoms with Crippen LogP contribution in [-0.4, -0.2) is 28.8 Å². The van der Waals surface area contributed by atoms with Crippen molar-refractivity contribution in [3.05, 3.63) is 35.1 Å². The molecule has 1 aromatic carbocycles. The third-order valence-electron chi connectivity index (χ3n) is 2.77. The summed E-state index contributed by atoms with van der Waals surface area (Å²) in [5.74, 6) is -0.557. The Bertz CT molecular complexity index is 438. The molecule has 0 fully saturated rings. The molecule has 106 valence electrons. The maximum atomic E-state index is 13.7. The number of benzene rings is 1. The van der Waals surface area contributed by atoms with Crippen LogP contribution in [0.3, 0.4) is 0 Å². The Hall–Kier alpha value is -1.66. The molecule has 0 aliphatic carbocycles. The minimum absolute atomic E-state index is 0.128. The second-order valence-corrected chi connectivity index (χ2v) is 4.36. The minimum Gasteiger partial charge on any atom is -0.409 e. The number of nitrogens with one attached hydrogen (secondary N) is 1. The van der Waals surface area contributed by atoms with Crippen LogP contribution in [0.2, 0.25) is 0 Å². The van der Waals surface area contributed by atoms with E-state index in [1.165, 1.54) is 6.07 Å². The third kappa shape index (κ3) is 4.84. The van der Waals surface area contributed by atoms with E-state index in [4.69, 9.17) is 10.9 Å². The minimum atomic E-state index is -0.429. The molecule has 0 aliphatic heterocycles. The molecule has 1 aromatic rings. The molecule has 0 spiro atoms. The molecular weight excluding hydrogens is 249 g/mol. The van der Waals surface area contributed by atoms with Gasteiger partial charge in [-0.05, 0) is 12.5 Å². The van der Waals surface area contributed by atoms with E-state index in [0.29, 0.717) is 24.2 Å². The van der Waals surface area contributed by atoms with E-state index in [9.17, 15) is 9.50 Å². The van der Waals surface area contributed by atoms with Crippen molar-refractivity contribution in [2.75, 3.05) is 6.54 Å². The molecule has 1 rings (SSSR count). The van der Waals surface area contributed by atoms with Gasteiger partial charge in [-0.15, -0.1) is 0 Å². The van der Waals surface area contributed by atoms with Gasteiger partial charge < -0.3 is 21.4 Å². The molecule has 0 aromatic heterocycles. The maximum absolute atomic E-state index is 13.7. The van der Waals surface area contributed by atoms with E-state index in [1.54, 1.807) is 12.1 Å². The zero-order valence-corrected chi connectivity index (χ0v) is 10.9. The molecule has 0 saturated carbocycles. The van der Waals surface area contributed by atoms with Gasteiger partial charge in [0.1, 0.15) is 5.82 Å². The fourth-order valence-electron chi connectivity index (χ4n) is 1.72. The van der Waals surface area contributed by atoms with Crippen molar-refractivity contribution in [2.24, 2.45) is 10.9 Å². The lowest BCUT2D eigenvalue weighted by atomic mass is 10.1. The molecule has 0 heterocycles. The number of aliphatic hydroxyl groups excluding tert-OH is 1. The zero-order chi connectivity index (χ0) is 14.3. The van der Waals surface area contributed by atoms with Gasteiger partial charge >= 0.3 is 0 Å². The molecule has 0 saturated heterocycles. The van der Waals surface area contributed by atoms with Crippen molar-refractivity contribution in [3.8, 4) is 0 Å². The van der Waals surface area contributed by atoms with Gasteiger partial charge in [-0.3, -0.25) is 0 Å². The van der Waals surface area contributed by atoms with Gasteiger partial charge in [-0.1, -0.05) is 30.6 Å². The summed E-state index contributed by atoms with van der Waals surface area (Å²) in [5.41, 5.74) is 6.17. The van der Waals surface area contributed by atoms with Gasteiger partial charge in [0.05, 0.1) is 6.10 Å². The Morgan fingerprint density at radius 1 is 1.53 bits per heavy atom. The summed E-state index contributed by atoms with van der Waals surface area (Å²) in [4.78, 5) is 0. The molecule has 5 nitrogen and oxygen atoms in total. The number of hydrogen-bond donors (Lipinski definition) is 4. The molecule has 1 atom stereocenters. The van der Waals surface area contributed by atoms with Crippen molar-refractivity contribution < 1.29 is 14.7 Å². The molecule has 6 heteroatoms. The van der Waals surface area contributed by atoms with E-state index in [-0.39, 0.29) is 5.84 Å². The molecule has 5 N–H and O–H groups in total. The lowest BCUT2D eigenvalue weighted by Gasteiger charge is -2.11. The molecule has 0 radical (unpaired) electrons. The molecule has 0 aliphatic rings. The normalized spacial score (nSPS) is 13.5. The van der Waals surface area contributed by atoms with Crippen LogP contribution in [0.4, 0.5) is 4.39 Å². The number of oxime groups is 1. The lowest BCUT2D eigenvalue weighted by molar-refractivity contribution is 0.160. The maximum Gasteiger partial charge on any atom is 0.170 e. The summed E-state index contributed by atoms with van der Waals surface area (Å²) in [6.07, 6.45) is 1.22. The van der Waals surface area contributed by atoms with Crippen molar-refractivity contribution in [3.63, 3.8) is 0 Å². The Morgan fingerprint density at radius 3 is 2.84 bits per heavy atom. The largest absolute Gasteiger partial charge is 0.409 e. The molecular formula is C13H20FN3O2. The van der Waals surface area contributed by atoms with Gasteiger partial charge in [-0.25, -0.2) is 4.39 Å². The van der Waals surface area contributed by atoms with Gasteiger partial charge in [0.2, 0.25) is 0 Å². The highest BCUT2D eigenvalue weighted by Crippen LogP contribution is 2.10. The fraction of sp³-hybridized carbons (Fsp3) is 0.462. The van der Waals surface area contributed by atoms with Crippen LogP contribution in [-0.2, 0) is 6.54 Å². The number of amidine groups is 1. The Labute approximate surface area is 111 Å². The zero-order valence-electron chi connectivity index (χ0n) is 10.9. The summed E-state index contributed by atoms with van der Waals surface area (Å²) in [5, 5.41) is 23.8. The Balaban J connectivity index is 2.56. The summed E-state index contributed by atoms with van der Waals surface area (Å²) in [6, 6.07) is 4.37. The van der Waals surface area contributed by atoms with Gasteiger partial charge in [-0.2, -0.15) is 0 Å². The predicted octanol–water partition coefficient (Wildman–Crippen LogP) is 1.17. The quantitative estimate of drug-likeness (QED) is 0.259. The number of halogens is 1. The van der Waals surface area contributed by atoms with Crippen LogP contribution in [0, 0.1) is 5.82 Å². The average Bonchev–Trinajstić information content (AvgIpc) is 2.40. The summed E-state index contributed by atoms with van der Waals surface area (Å²) >= 11 is 0. The van der Waals surface area contributed by atoms with Crippen LogP contribution in [0.15, 0.2) is 23.4 Å². The highest BCUT2D eigenvalue weighted by molar-refractivity contribution is 5.97. The van der Waals surface area contributed by atoms with Crippen LogP contribution in [0.1, 0.15) is 30.9 Å². The molecule has 0 bridgehead atoms. The summed E-state index contributed by atoms with van der Waals surface area (Å²) in [6.45, 7) is 2.74. The van der Waals surface area contributed by atoms with Crippen LogP contribution >= 0.6 is 0 Å². The fourth-order valence-corrected chi connectivity index (χ4v) is 1.72. The van der Waals surface area contributed by atoms with Gasteiger partial charge in [0.15, 0.2) is 5.84 Å². The van der Waals surface area contributed by atoms with Gasteiger partial charge in [0, 0.05) is 24.2 Å².